The molecule has 0 amide bonds. The highest BCUT2D eigenvalue weighted by Gasteiger charge is 2.26. The summed E-state index contributed by atoms with van der Waals surface area (Å²) >= 11 is 0. The zero-order valence-corrected chi connectivity index (χ0v) is 12.2. The molecule has 0 aliphatic carbocycles. The Labute approximate surface area is 98.0 Å². The van der Waals surface area contributed by atoms with Gasteiger partial charge in [-0.2, -0.15) is 0 Å². The number of rotatable bonds is 1. The molecule has 1 N–H and O–H groups in total. The summed E-state index contributed by atoms with van der Waals surface area (Å²) in [4.78, 5) is 0. The van der Waals surface area contributed by atoms with Gasteiger partial charge in [-0.15, -0.1) is 0 Å². The van der Waals surface area contributed by atoms with E-state index in [9.17, 15) is 0 Å². The van der Waals surface area contributed by atoms with Crippen molar-refractivity contribution in [3.63, 3.8) is 0 Å². The molecule has 0 saturated carbocycles. The quantitative estimate of drug-likeness (QED) is 0.686. The van der Waals surface area contributed by atoms with Crippen LogP contribution in [0, 0.1) is 17.8 Å². The molecule has 1 saturated heterocycles. The standard InChI is InChI=1S/C10H21N.2C2H6/c1-7(2)10-9(4)5-8(3)6-11-10;2*1-2/h7-11H,5-6H2,1-4H3;2*1-2H3. The molecule has 1 heteroatoms. The fourth-order valence-electron chi connectivity index (χ4n) is 2.30. The Bertz CT molecular complexity index is 121. The molecule has 1 heterocycles. The first-order valence-corrected chi connectivity index (χ1v) is 6.84. The van der Waals surface area contributed by atoms with Crippen LogP contribution in [0.3, 0.4) is 0 Å². The van der Waals surface area contributed by atoms with Gasteiger partial charge in [0.2, 0.25) is 0 Å². The number of piperidine rings is 1. The van der Waals surface area contributed by atoms with Gasteiger partial charge in [0.15, 0.2) is 0 Å². The Morgan fingerprint density at radius 3 is 1.80 bits per heavy atom. The molecule has 0 radical (unpaired) electrons. The Kier molecular flexibility index (Phi) is 12.1. The van der Waals surface area contributed by atoms with Gasteiger partial charge in [0.1, 0.15) is 0 Å². The van der Waals surface area contributed by atoms with Gasteiger partial charge in [-0.3, -0.25) is 0 Å². The Balaban J connectivity index is 0. The van der Waals surface area contributed by atoms with E-state index in [0.717, 1.165) is 23.8 Å². The minimum Gasteiger partial charge on any atom is -0.313 e. The summed E-state index contributed by atoms with van der Waals surface area (Å²) in [5.41, 5.74) is 0. The third-order valence-corrected chi connectivity index (χ3v) is 2.81. The van der Waals surface area contributed by atoms with Crippen molar-refractivity contribution in [1.29, 1.82) is 0 Å². The lowest BCUT2D eigenvalue weighted by Crippen LogP contribution is -2.46. The summed E-state index contributed by atoms with van der Waals surface area (Å²) in [6, 6.07) is 0.756. The highest BCUT2D eigenvalue weighted by atomic mass is 14.9. The van der Waals surface area contributed by atoms with E-state index in [4.69, 9.17) is 0 Å². The van der Waals surface area contributed by atoms with E-state index < -0.39 is 0 Å². The van der Waals surface area contributed by atoms with Crippen LogP contribution in [0.25, 0.3) is 0 Å². The first-order valence-electron chi connectivity index (χ1n) is 6.84. The van der Waals surface area contributed by atoms with Crippen molar-refractivity contribution in [2.45, 2.75) is 67.9 Å². The Morgan fingerprint density at radius 2 is 1.47 bits per heavy atom. The van der Waals surface area contributed by atoms with Crippen LogP contribution in [0.2, 0.25) is 0 Å². The maximum atomic E-state index is 3.62. The van der Waals surface area contributed by atoms with Gasteiger partial charge in [0.05, 0.1) is 0 Å². The Morgan fingerprint density at radius 1 is 1.00 bits per heavy atom. The van der Waals surface area contributed by atoms with E-state index in [1.165, 1.54) is 13.0 Å². The van der Waals surface area contributed by atoms with Gasteiger partial charge in [0, 0.05) is 6.04 Å². The Hall–Kier alpha value is -0.0400. The predicted octanol–water partition coefficient (Wildman–Crippen LogP) is 4.33. The van der Waals surface area contributed by atoms with E-state index in [-0.39, 0.29) is 0 Å². The van der Waals surface area contributed by atoms with Crippen molar-refractivity contribution in [3.8, 4) is 0 Å². The fourth-order valence-corrected chi connectivity index (χ4v) is 2.30. The zero-order chi connectivity index (χ0) is 12.4. The van der Waals surface area contributed by atoms with Crippen molar-refractivity contribution < 1.29 is 0 Å². The molecule has 0 aromatic heterocycles. The van der Waals surface area contributed by atoms with Gasteiger partial charge in [-0.25, -0.2) is 0 Å². The monoisotopic (exact) mass is 215 g/mol. The van der Waals surface area contributed by atoms with Crippen LogP contribution in [-0.4, -0.2) is 12.6 Å². The fraction of sp³-hybridized carbons (Fsp3) is 1.00. The summed E-state index contributed by atoms with van der Waals surface area (Å²) in [7, 11) is 0. The van der Waals surface area contributed by atoms with Gasteiger partial charge in [0.25, 0.3) is 0 Å². The highest BCUT2D eigenvalue weighted by molar-refractivity contribution is 4.83. The summed E-state index contributed by atoms with van der Waals surface area (Å²) in [5, 5.41) is 3.62. The van der Waals surface area contributed by atoms with E-state index >= 15 is 0 Å². The maximum absolute atomic E-state index is 3.62. The summed E-state index contributed by atoms with van der Waals surface area (Å²) < 4.78 is 0. The van der Waals surface area contributed by atoms with Crippen LogP contribution in [0.1, 0.15) is 61.8 Å². The lowest BCUT2D eigenvalue weighted by molar-refractivity contribution is 0.201. The molecule has 3 unspecified atom stereocenters. The van der Waals surface area contributed by atoms with Crippen LogP contribution in [0.15, 0.2) is 0 Å². The number of nitrogens with one attached hydrogen (secondary N) is 1. The van der Waals surface area contributed by atoms with Crippen LogP contribution >= 0.6 is 0 Å². The second-order valence-corrected chi connectivity index (χ2v) is 4.50. The van der Waals surface area contributed by atoms with E-state index in [1.807, 2.05) is 27.7 Å². The smallest absolute Gasteiger partial charge is 0.0116 e. The minimum atomic E-state index is 0.756. The normalized spacial score (nSPS) is 29.8. The van der Waals surface area contributed by atoms with Crippen LogP contribution in [0.4, 0.5) is 0 Å². The van der Waals surface area contributed by atoms with Gasteiger partial charge < -0.3 is 5.32 Å². The number of hydrogen-bond donors (Lipinski definition) is 1. The molecule has 94 valence electrons. The van der Waals surface area contributed by atoms with Crippen LogP contribution < -0.4 is 5.32 Å². The molecule has 15 heavy (non-hydrogen) atoms. The summed E-state index contributed by atoms with van der Waals surface area (Å²) in [6.07, 6.45) is 1.40. The first-order chi connectivity index (χ1) is 7.11. The third-order valence-electron chi connectivity index (χ3n) is 2.81. The number of hydrogen-bond acceptors (Lipinski definition) is 1. The van der Waals surface area contributed by atoms with E-state index in [1.54, 1.807) is 0 Å². The minimum absolute atomic E-state index is 0.756. The third kappa shape index (κ3) is 6.94. The lowest BCUT2D eigenvalue weighted by atomic mass is 9.82. The molecule has 1 aliphatic rings. The van der Waals surface area contributed by atoms with Gasteiger partial charge in [-0.1, -0.05) is 55.4 Å². The topological polar surface area (TPSA) is 12.0 Å². The molecule has 0 aromatic rings. The first kappa shape index (κ1) is 17.4. The van der Waals surface area contributed by atoms with Crippen molar-refractivity contribution >= 4 is 0 Å². The maximum Gasteiger partial charge on any atom is 0.0116 e. The molecule has 1 nitrogen and oxygen atoms in total. The second-order valence-electron chi connectivity index (χ2n) is 4.50. The molecule has 0 aromatic carbocycles. The predicted molar refractivity (Wildman–Crippen MR) is 72.3 cm³/mol. The highest BCUT2D eigenvalue weighted by Crippen LogP contribution is 2.24. The molecule has 1 fully saturated rings. The van der Waals surface area contributed by atoms with E-state index in [2.05, 4.69) is 33.0 Å². The second kappa shape index (κ2) is 10.5. The molecule has 1 aliphatic heterocycles. The largest absolute Gasteiger partial charge is 0.313 e. The van der Waals surface area contributed by atoms with Crippen molar-refractivity contribution in [2.24, 2.45) is 17.8 Å². The van der Waals surface area contributed by atoms with E-state index in [0.29, 0.717) is 0 Å². The average Bonchev–Trinajstić information content (AvgIpc) is 2.23. The van der Waals surface area contributed by atoms with Crippen LogP contribution in [-0.2, 0) is 0 Å². The molecule has 1 rings (SSSR count). The van der Waals surface area contributed by atoms with Gasteiger partial charge >= 0.3 is 0 Å². The average molecular weight is 215 g/mol. The van der Waals surface area contributed by atoms with Crippen molar-refractivity contribution in [1.82, 2.24) is 5.32 Å². The van der Waals surface area contributed by atoms with Crippen molar-refractivity contribution in [2.75, 3.05) is 6.54 Å². The molecular weight excluding hydrogens is 182 g/mol. The van der Waals surface area contributed by atoms with Crippen molar-refractivity contribution in [3.05, 3.63) is 0 Å². The molecule has 3 atom stereocenters. The molecule has 0 bridgehead atoms. The molecular formula is C14H33N. The lowest BCUT2D eigenvalue weighted by Gasteiger charge is -2.36. The molecule has 0 spiro atoms. The SMILES string of the molecule is CC.CC.CC1CNC(C(C)C)C(C)C1. The zero-order valence-electron chi connectivity index (χ0n) is 12.2. The van der Waals surface area contributed by atoms with Gasteiger partial charge in [-0.05, 0) is 30.7 Å². The summed E-state index contributed by atoms with van der Waals surface area (Å²) in [5.74, 6) is 2.52. The van der Waals surface area contributed by atoms with Crippen LogP contribution in [0.5, 0.6) is 0 Å². The summed E-state index contributed by atoms with van der Waals surface area (Å²) in [6.45, 7) is 18.5.